The fraction of sp³-hybridized carbons (Fsp3) is 0.450. The highest BCUT2D eigenvalue weighted by atomic mass is 19.1. The minimum atomic E-state index is -0.215. The Balaban J connectivity index is 1.53. The van der Waals surface area contributed by atoms with Gasteiger partial charge >= 0.3 is 0 Å². The molecule has 0 unspecified atom stereocenters. The maximum atomic E-state index is 13.4. The van der Waals surface area contributed by atoms with Crippen molar-refractivity contribution in [1.82, 2.24) is 9.80 Å². The molecule has 130 valence electrons. The first-order valence-electron chi connectivity index (χ1n) is 9.06. The van der Waals surface area contributed by atoms with Crippen LogP contribution >= 0.6 is 0 Å². The molecule has 0 saturated carbocycles. The van der Waals surface area contributed by atoms with E-state index in [1.54, 1.807) is 18.4 Å². The average molecular weight is 340 g/mol. The summed E-state index contributed by atoms with van der Waals surface area (Å²) in [5.74, 6) is 0.965. The molecule has 4 saturated heterocycles. The van der Waals surface area contributed by atoms with E-state index in [1.165, 1.54) is 12.1 Å². The van der Waals surface area contributed by atoms with E-state index < -0.39 is 0 Å². The van der Waals surface area contributed by atoms with Crippen LogP contribution in [0, 0.1) is 11.7 Å². The smallest absolute Gasteiger partial charge is 0.289 e. The van der Waals surface area contributed by atoms with Gasteiger partial charge < -0.3 is 9.32 Å². The molecule has 4 aliphatic rings. The molecule has 4 aliphatic heterocycles. The molecule has 0 N–H and O–H groups in total. The zero-order valence-electron chi connectivity index (χ0n) is 14.0. The van der Waals surface area contributed by atoms with E-state index in [2.05, 4.69) is 4.90 Å². The highest BCUT2D eigenvalue weighted by molar-refractivity contribution is 5.92. The Labute approximate surface area is 146 Å². The molecule has 5 heterocycles. The van der Waals surface area contributed by atoms with Crippen molar-refractivity contribution in [2.75, 3.05) is 19.6 Å². The van der Waals surface area contributed by atoms with Crippen molar-refractivity contribution in [2.45, 2.75) is 30.8 Å². The fourth-order valence-electron chi connectivity index (χ4n) is 5.20. The van der Waals surface area contributed by atoms with Gasteiger partial charge in [-0.2, -0.15) is 0 Å². The van der Waals surface area contributed by atoms with Crippen LogP contribution in [0.25, 0.3) is 0 Å². The van der Waals surface area contributed by atoms with Crippen molar-refractivity contribution in [3.8, 4) is 0 Å². The second-order valence-electron chi connectivity index (χ2n) is 7.45. The number of fused-ring (bicyclic) bond motifs is 2. The molecule has 1 aromatic carbocycles. The summed E-state index contributed by atoms with van der Waals surface area (Å²) in [5, 5.41) is 0. The number of halogens is 1. The van der Waals surface area contributed by atoms with E-state index in [1.807, 2.05) is 17.0 Å². The highest BCUT2D eigenvalue weighted by Gasteiger charge is 2.54. The van der Waals surface area contributed by atoms with Crippen LogP contribution in [0.2, 0.25) is 0 Å². The van der Waals surface area contributed by atoms with Gasteiger partial charge in [0.2, 0.25) is 0 Å². The first kappa shape index (κ1) is 15.1. The average Bonchev–Trinajstić information content (AvgIpc) is 3.32. The van der Waals surface area contributed by atoms with Crippen LogP contribution in [0.5, 0.6) is 0 Å². The third-order valence-electron chi connectivity index (χ3n) is 6.29. The minimum absolute atomic E-state index is 0.0154. The minimum Gasteiger partial charge on any atom is -0.459 e. The Morgan fingerprint density at radius 1 is 1.08 bits per heavy atom. The number of hydrogen-bond acceptors (Lipinski definition) is 3. The standard InChI is InChI=1S/C20H21FN2O2/c21-15-5-3-13(4-6-15)16-12-23(20(24)17-2-1-11-25-17)18-14-7-9-22(10-8-14)19(16)18/h1-6,11,14,16,18-19H,7-10,12H2/t16-,18+,19+/m1/s1. The molecule has 6 rings (SSSR count). The molecular weight excluding hydrogens is 319 g/mol. The monoisotopic (exact) mass is 340 g/mol. The van der Waals surface area contributed by atoms with Gasteiger partial charge in [0, 0.05) is 18.5 Å². The number of carbonyl (C=O) groups is 1. The molecule has 0 spiro atoms. The van der Waals surface area contributed by atoms with Crippen LogP contribution in [0.4, 0.5) is 4.39 Å². The number of benzene rings is 1. The van der Waals surface area contributed by atoms with Crippen LogP contribution in [0.3, 0.4) is 0 Å². The summed E-state index contributed by atoms with van der Waals surface area (Å²) >= 11 is 0. The van der Waals surface area contributed by atoms with Gasteiger partial charge in [-0.25, -0.2) is 4.39 Å². The summed E-state index contributed by atoms with van der Waals surface area (Å²) in [4.78, 5) is 17.6. The molecule has 1 amide bonds. The maximum absolute atomic E-state index is 13.4. The normalized spacial score (nSPS) is 33.5. The molecular formula is C20H21FN2O2. The number of piperidine rings is 3. The molecule has 5 heteroatoms. The summed E-state index contributed by atoms with van der Waals surface area (Å²) < 4.78 is 18.7. The van der Waals surface area contributed by atoms with Gasteiger partial charge in [0.1, 0.15) is 5.82 Å². The Morgan fingerprint density at radius 3 is 2.52 bits per heavy atom. The Bertz CT molecular complexity index is 766. The Hall–Kier alpha value is -2.14. The molecule has 3 atom stereocenters. The largest absolute Gasteiger partial charge is 0.459 e. The molecule has 2 aromatic rings. The van der Waals surface area contributed by atoms with Crippen LogP contribution in [0.1, 0.15) is 34.9 Å². The fourth-order valence-corrected chi connectivity index (χ4v) is 5.20. The topological polar surface area (TPSA) is 36.7 Å². The second kappa shape index (κ2) is 5.70. The van der Waals surface area contributed by atoms with Gasteiger partial charge in [0.05, 0.1) is 12.3 Å². The summed E-state index contributed by atoms with van der Waals surface area (Å²) in [6.45, 7) is 2.88. The van der Waals surface area contributed by atoms with Crippen molar-refractivity contribution >= 4 is 5.91 Å². The molecule has 4 nitrogen and oxygen atoms in total. The second-order valence-corrected chi connectivity index (χ2v) is 7.45. The number of rotatable bonds is 2. The van der Waals surface area contributed by atoms with E-state index >= 15 is 0 Å². The predicted octanol–water partition coefficient (Wildman–Crippen LogP) is 3.12. The van der Waals surface area contributed by atoms with Gasteiger partial charge in [-0.3, -0.25) is 9.69 Å². The predicted molar refractivity (Wildman–Crippen MR) is 90.8 cm³/mol. The van der Waals surface area contributed by atoms with E-state index in [-0.39, 0.29) is 23.7 Å². The van der Waals surface area contributed by atoms with Crippen molar-refractivity contribution in [3.63, 3.8) is 0 Å². The zero-order valence-corrected chi connectivity index (χ0v) is 14.0. The number of nitrogens with zero attached hydrogens (tertiary/aromatic N) is 2. The van der Waals surface area contributed by atoms with Crippen molar-refractivity contribution in [2.24, 2.45) is 5.92 Å². The van der Waals surface area contributed by atoms with Crippen LogP contribution < -0.4 is 0 Å². The number of amides is 1. The molecule has 0 radical (unpaired) electrons. The van der Waals surface area contributed by atoms with Crippen molar-refractivity contribution in [3.05, 3.63) is 59.8 Å². The number of likely N-dealkylation sites (tertiary alicyclic amines) is 1. The number of hydrogen-bond donors (Lipinski definition) is 0. The highest BCUT2D eigenvalue weighted by Crippen LogP contribution is 2.46. The third-order valence-corrected chi connectivity index (χ3v) is 6.29. The lowest BCUT2D eigenvalue weighted by Gasteiger charge is -2.51. The lowest BCUT2D eigenvalue weighted by Crippen LogP contribution is -2.60. The van der Waals surface area contributed by atoms with Gasteiger partial charge in [-0.15, -0.1) is 0 Å². The van der Waals surface area contributed by atoms with Crippen molar-refractivity contribution in [1.29, 1.82) is 0 Å². The summed E-state index contributed by atoms with van der Waals surface area (Å²) in [7, 11) is 0. The third kappa shape index (κ3) is 2.33. The van der Waals surface area contributed by atoms with E-state index in [9.17, 15) is 9.18 Å². The first-order chi connectivity index (χ1) is 12.2. The van der Waals surface area contributed by atoms with Gasteiger partial charge in [-0.05, 0) is 61.7 Å². The molecule has 25 heavy (non-hydrogen) atoms. The SMILES string of the molecule is O=C(c1ccco1)N1C[C@H](c2ccc(F)cc2)[C@H]2[C@@H]1C1CCN2CC1. The zero-order chi connectivity index (χ0) is 17.0. The number of furan rings is 1. The summed E-state index contributed by atoms with van der Waals surface area (Å²) in [6.07, 6.45) is 3.85. The van der Waals surface area contributed by atoms with Crippen LogP contribution in [-0.2, 0) is 0 Å². The van der Waals surface area contributed by atoms with Crippen LogP contribution in [0.15, 0.2) is 47.1 Å². The maximum Gasteiger partial charge on any atom is 0.289 e. The summed E-state index contributed by atoms with van der Waals surface area (Å²) in [5.41, 5.74) is 1.12. The van der Waals surface area contributed by atoms with Crippen molar-refractivity contribution < 1.29 is 13.6 Å². The molecule has 1 aromatic heterocycles. The molecule has 2 bridgehead atoms. The van der Waals surface area contributed by atoms with E-state index in [0.29, 0.717) is 24.3 Å². The van der Waals surface area contributed by atoms with Gasteiger partial charge in [0.25, 0.3) is 5.91 Å². The molecule has 4 fully saturated rings. The lowest BCUT2D eigenvalue weighted by atomic mass is 9.75. The van der Waals surface area contributed by atoms with E-state index in [0.717, 1.165) is 31.5 Å². The summed E-state index contributed by atoms with van der Waals surface area (Å²) in [6, 6.07) is 10.9. The molecule has 0 aliphatic carbocycles. The van der Waals surface area contributed by atoms with Gasteiger partial charge in [0.15, 0.2) is 5.76 Å². The van der Waals surface area contributed by atoms with Gasteiger partial charge in [-0.1, -0.05) is 12.1 Å². The quantitative estimate of drug-likeness (QED) is 0.843. The Kier molecular flexibility index (Phi) is 3.45. The first-order valence-corrected chi connectivity index (χ1v) is 9.06. The van der Waals surface area contributed by atoms with E-state index in [4.69, 9.17) is 4.42 Å². The lowest BCUT2D eigenvalue weighted by molar-refractivity contribution is -0.00428. The number of carbonyl (C=O) groups excluding carboxylic acids is 1. The van der Waals surface area contributed by atoms with Crippen LogP contribution in [-0.4, -0.2) is 47.4 Å². The Morgan fingerprint density at radius 2 is 1.84 bits per heavy atom.